The number of nitrogens with one attached hydrogen (secondary N) is 1. The minimum absolute atomic E-state index is 0.0390. The molecule has 3 atom stereocenters. The minimum Gasteiger partial charge on any atom is -0.503 e. The van der Waals surface area contributed by atoms with Gasteiger partial charge in [-0.05, 0) is 44.4 Å². The molecule has 2 amide bonds. The van der Waals surface area contributed by atoms with Gasteiger partial charge < -0.3 is 19.9 Å². The van der Waals surface area contributed by atoms with Crippen LogP contribution >= 0.6 is 0 Å². The fourth-order valence-corrected chi connectivity index (χ4v) is 4.34. The van der Waals surface area contributed by atoms with Gasteiger partial charge in [-0.3, -0.25) is 14.4 Å². The summed E-state index contributed by atoms with van der Waals surface area (Å²) in [4.78, 5) is 39.6. The van der Waals surface area contributed by atoms with Crippen LogP contribution in [0.4, 0.5) is 13.2 Å². The smallest absolute Gasteiger partial charge is 0.274 e. The van der Waals surface area contributed by atoms with Crippen LogP contribution in [-0.4, -0.2) is 45.1 Å². The Hall–Kier alpha value is -3.30. The van der Waals surface area contributed by atoms with E-state index in [2.05, 4.69) is 5.32 Å². The first-order chi connectivity index (χ1) is 15.1. The third kappa shape index (κ3) is 3.53. The molecule has 3 unspecified atom stereocenters. The van der Waals surface area contributed by atoms with E-state index in [1.807, 2.05) is 0 Å². The maximum Gasteiger partial charge on any atom is 0.274 e. The number of hydrogen-bond donors (Lipinski definition) is 2. The number of halogens is 3. The standard InChI is InChI=1S/C22H22F3N3O4/c1-10-5-15(24)12(16(25)6-10)7-26-21(31)13-8-28-17-9-27(11(2)3-4-14(17)23)22(32)18(28)20(30)19(13)29/h5-6,8,11,14,17,30H,3-4,7,9H2,1-2H3,(H,26,31). The lowest BCUT2D eigenvalue weighted by molar-refractivity contribution is 0.0576. The fraction of sp³-hybridized carbons (Fsp3) is 0.409. The summed E-state index contributed by atoms with van der Waals surface area (Å²) in [5, 5.41) is 12.7. The molecule has 0 aliphatic carbocycles. The predicted octanol–water partition coefficient (Wildman–Crippen LogP) is 2.59. The molecule has 4 rings (SSSR count). The van der Waals surface area contributed by atoms with Gasteiger partial charge in [0.15, 0.2) is 11.4 Å². The molecule has 0 saturated carbocycles. The monoisotopic (exact) mass is 449 g/mol. The number of hydrogen-bond acceptors (Lipinski definition) is 4. The van der Waals surface area contributed by atoms with Crippen LogP contribution in [-0.2, 0) is 6.54 Å². The predicted molar refractivity (Wildman–Crippen MR) is 108 cm³/mol. The van der Waals surface area contributed by atoms with Gasteiger partial charge in [0.05, 0.1) is 6.04 Å². The van der Waals surface area contributed by atoms with E-state index in [-0.39, 0.29) is 24.7 Å². The van der Waals surface area contributed by atoms with Crippen molar-refractivity contribution in [2.45, 2.75) is 51.5 Å². The van der Waals surface area contributed by atoms with E-state index in [1.165, 1.54) is 11.8 Å². The summed E-state index contributed by atoms with van der Waals surface area (Å²) < 4.78 is 44.1. The Kier molecular flexibility index (Phi) is 5.47. The Morgan fingerprint density at radius 3 is 2.53 bits per heavy atom. The van der Waals surface area contributed by atoms with Gasteiger partial charge in [0, 0.05) is 30.9 Å². The number of aryl methyl sites for hydroxylation is 1. The number of rotatable bonds is 3. The summed E-state index contributed by atoms with van der Waals surface area (Å²) in [6.45, 7) is 2.78. The summed E-state index contributed by atoms with van der Waals surface area (Å²) in [6, 6.07) is 1.07. The first-order valence-corrected chi connectivity index (χ1v) is 10.3. The van der Waals surface area contributed by atoms with E-state index in [1.54, 1.807) is 6.92 Å². The quantitative estimate of drug-likeness (QED) is 0.754. The number of nitrogens with zero attached hydrogens (tertiary/aromatic N) is 2. The van der Waals surface area contributed by atoms with Crippen molar-refractivity contribution < 1.29 is 27.9 Å². The molecule has 2 bridgehead atoms. The SMILES string of the molecule is Cc1cc(F)c(CNC(=O)c2cn3c(c(O)c2=O)C(=O)N2CC3C(F)CCC2C)c(F)c1. The molecule has 32 heavy (non-hydrogen) atoms. The number of carbonyl (C=O) groups is 2. The lowest BCUT2D eigenvalue weighted by Gasteiger charge is -2.37. The summed E-state index contributed by atoms with van der Waals surface area (Å²) in [6.07, 6.45) is 0.277. The molecular formula is C22H22F3N3O4. The molecule has 0 radical (unpaired) electrons. The van der Waals surface area contributed by atoms with Crippen LogP contribution < -0.4 is 10.7 Å². The highest BCUT2D eigenvalue weighted by molar-refractivity contribution is 5.99. The number of aromatic nitrogens is 1. The average Bonchev–Trinajstić information content (AvgIpc) is 2.85. The fourth-order valence-electron chi connectivity index (χ4n) is 4.34. The highest BCUT2D eigenvalue weighted by Gasteiger charge is 2.42. The van der Waals surface area contributed by atoms with Crippen molar-refractivity contribution in [3.63, 3.8) is 0 Å². The van der Waals surface area contributed by atoms with E-state index >= 15 is 0 Å². The lowest BCUT2D eigenvalue weighted by atomic mass is 10.0. The average molecular weight is 449 g/mol. The van der Waals surface area contributed by atoms with Gasteiger partial charge in [-0.2, -0.15) is 0 Å². The first kappa shape index (κ1) is 21.9. The maximum atomic E-state index is 14.8. The molecule has 2 aliphatic heterocycles. The molecule has 3 heterocycles. The van der Waals surface area contributed by atoms with E-state index < -0.39 is 64.5 Å². The minimum atomic E-state index is -1.36. The van der Waals surface area contributed by atoms with Crippen LogP contribution in [0, 0.1) is 18.6 Å². The second-order valence-corrected chi connectivity index (χ2v) is 8.33. The molecule has 1 aromatic heterocycles. The van der Waals surface area contributed by atoms with Gasteiger partial charge >= 0.3 is 0 Å². The van der Waals surface area contributed by atoms with Crippen LogP contribution in [0.5, 0.6) is 5.75 Å². The number of alkyl halides is 1. The van der Waals surface area contributed by atoms with Gasteiger partial charge in [-0.1, -0.05) is 0 Å². The molecule has 7 nitrogen and oxygen atoms in total. The molecule has 2 aliphatic rings. The Labute approximate surface area is 181 Å². The highest BCUT2D eigenvalue weighted by Crippen LogP contribution is 2.35. The number of carbonyl (C=O) groups excluding carboxylic acids is 2. The van der Waals surface area contributed by atoms with Crippen molar-refractivity contribution >= 4 is 11.8 Å². The first-order valence-electron chi connectivity index (χ1n) is 10.3. The van der Waals surface area contributed by atoms with Crippen LogP contribution in [0.25, 0.3) is 0 Å². The molecule has 1 fully saturated rings. The molecule has 10 heteroatoms. The Morgan fingerprint density at radius 2 is 1.88 bits per heavy atom. The van der Waals surface area contributed by atoms with Crippen LogP contribution in [0.2, 0.25) is 0 Å². The molecule has 2 N–H and O–H groups in total. The van der Waals surface area contributed by atoms with Gasteiger partial charge in [0.25, 0.3) is 11.8 Å². The molecule has 2 aromatic rings. The topological polar surface area (TPSA) is 91.6 Å². The van der Waals surface area contributed by atoms with Gasteiger partial charge in [-0.15, -0.1) is 0 Å². The largest absolute Gasteiger partial charge is 0.503 e. The molecule has 0 spiro atoms. The summed E-state index contributed by atoms with van der Waals surface area (Å²) in [7, 11) is 0. The summed E-state index contributed by atoms with van der Waals surface area (Å²) >= 11 is 0. The van der Waals surface area contributed by atoms with Crippen LogP contribution in [0.15, 0.2) is 23.1 Å². The van der Waals surface area contributed by atoms with E-state index in [0.717, 1.165) is 22.9 Å². The van der Waals surface area contributed by atoms with Gasteiger partial charge in [0.1, 0.15) is 23.4 Å². The number of amides is 2. The van der Waals surface area contributed by atoms with Crippen molar-refractivity contribution in [1.82, 2.24) is 14.8 Å². The zero-order valence-corrected chi connectivity index (χ0v) is 17.5. The third-order valence-electron chi connectivity index (χ3n) is 6.18. The molecule has 1 saturated heterocycles. The second-order valence-electron chi connectivity index (χ2n) is 8.33. The number of aromatic hydroxyl groups is 1. The van der Waals surface area contributed by atoms with Crippen molar-refractivity contribution in [1.29, 1.82) is 0 Å². The third-order valence-corrected chi connectivity index (χ3v) is 6.18. The summed E-state index contributed by atoms with van der Waals surface area (Å²) in [5.41, 5.74) is -2.06. The Morgan fingerprint density at radius 1 is 1.22 bits per heavy atom. The number of pyridine rings is 1. The Balaban J connectivity index is 1.70. The van der Waals surface area contributed by atoms with E-state index in [4.69, 9.17) is 0 Å². The van der Waals surface area contributed by atoms with Crippen molar-refractivity contribution in [2.75, 3.05) is 6.54 Å². The normalized spacial score (nSPS) is 22.3. The lowest BCUT2D eigenvalue weighted by Crippen LogP contribution is -2.48. The zero-order valence-electron chi connectivity index (χ0n) is 17.5. The molecule has 170 valence electrons. The number of benzene rings is 1. The van der Waals surface area contributed by atoms with Crippen LogP contribution in [0.1, 0.15) is 57.8 Å². The van der Waals surface area contributed by atoms with Crippen LogP contribution in [0.3, 0.4) is 0 Å². The Bertz CT molecular complexity index is 1160. The van der Waals surface area contributed by atoms with E-state index in [0.29, 0.717) is 12.0 Å². The zero-order chi connectivity index (χ0) is 23.3. The molecular weight excluding hydrogens is 427 g/mol. The maximum absolute atomic E-state index is 14.8. The summed E-state index contributed by atoms with van der Waals surface area (Å²) in [5.74, 6) is -4.29. The second kappa shape index (κ2) is 7.99. The van der Waals surface area contributed by atoms with Crippen molar-refractivity contribution in [2.24, 2.45) is 0 Å². The van der Waals surface area contributed by atoms with Gasteiger partial charge in [0.2, 0.25) is 5.43 Å². The van der Waals surface area contributed by atoms with Crippen molar-refractivity contribution in [3.8, 4) is 5.75 Å². The van der Waals surface area contributed by atoms with Gasteiger partial charge in [-0.25, -0.2) is 13.2 Å². The highest BCUT2D eigenvalue weighted by atomic mass is 19.1. The van der Waals surface area contributed by atoms with Crippen molar-refractivity contribution in [3.05, 3.63) is 62.6 Å². The number of fused-ring (bicyclic) bond motifs is 4. The van der Waals surface area contributed by atoms with E-state index in [9.17, 15) is 32.7 Å². The molecule has 1 aromatic carbocycles.